The second kappa shape index (κ2) is 7.33. The molecule has 2 N–H and O–H groups in total. The molecule has 1 rings (SSSR count). The third-order valence-electron chi connectivity index (χ3n) is 3.25. The molecule has 0 unspecified atom stereocenters. The van der Waals surface area contributed by atoms with Crippen LogP contribution in [0.5, 0.6) is 0 Å². The van der Waals surface area contributed by atoms with E-state index in [4.69, 9.17) is 5.11 Å². The number of carbonyl (C=O) groups is 2. The minimum Gasteiger partial charge on any atom is -0.480 e. The fourth-order valence-electron chi connectivity index (χ4n) is 2.24. The Bertz CT molecular complexity index is 312. The van der Waals surface area contributed by atoms with Gasteiger partial charge < -0.3 is 20.2 Å². The Kier molecular flexibility index (Phi) is 6.08. The lowest BCUT2D eigenvalue weighted by Crippen LogP contribution is -2.50. The quantitative estimate of drug-likeness (QED) is 0.777. The van der Waals surface area contributed by atoms with Gasteiger partial charge in [0.2, 0.25) is 0 Å². The summed E-state index contributed by atoms with van der Waals surface area (Å²) in [6, 6.07) is -0.0992. The number of aliphatic carboxylic acids is 1. The number of rotatable bonds is 5. The molecule has 110 valence electrons. The average molecular weight is 271 g/mol. The van der Waals surface area contributed by atoms with E-state index >= 15 is 0 Å². The van der Waals surface area contributed by atoms with Crippen LogP contribution >= 0.6 is 0 Å². The zero-order chi connectivity index (χ0) is 14.4. The molecule has 6 heteroatoms. The van der Waals surface area contributed by atoms with Crippen LogP contribution < -0.4 is 5.32 Å². The van der Waals surface area contributed by atoms with E-state index in [1.165, 1.54) is 4.90 Å². The van der Waals surface area contributed by atoms with Crippen LogP contribution in [-0.2, 0) is 4.79 Å². The smallest absolute Gasteiger partial charge is 0.323 e. The fraction of sp³-hybridized carbons (Fsp3) is 0.846. The Hall–Kier alpha value is -1.30. The predicted octanol–water partition coefficient (Wildman–Crippen LogP) is 0.833. The number of hydrogen-bond donors (Lipinski definition) is 2. The van der Waals surface area contributed by atoms with Gasteiger partial charge in [-0.25, -0.2) is 4.79 Å². The number of piperidine rings is 1. The first-order chi connectivity index (χ1) is 8.88. The second-order valence-electron chi connectivity index (χ2n) is 5.70. The minimum atomic E-state index is -0.973. The highest BCUT2D eigenvalue weighted by molar-refractivity contribution is 5.80. The lowest BCUT2D eigenvalue weighted by molar-refractivity contribution is -0.137. The molecule has 1 saturated heterocycles. The van der Waals surface area contributed by atoms with Crippen LogP contribution in [0.1, 0.15) is 26.7 Å². The highest BCUT2D eigenvalue weighted by Gasteiger charge is 2.23. The summed E-state index contributed by atoms with van der Waals surface area (Å²) in [7, 11) is 2.06. The van der Waals surface area contributed by atoms with Gasteiger partial charge in [0.05, 0.1) is 0 Å². The second-order valence-corrected chi connectivity index (χ2v) is 5.70. The van der Waals surface area contributed by atoms with Crippen molar-refractivity contribution in [1.29, 1.82) is 0 Å². The lowest BCUT2D eigenvalue weighted by atomic mass is 10.1. The SMILES string of the molecule is CC(C)CN(CC(=O)O)C(=O)NC1CCN(C)CC1. The Morgan fingerprint density at radius 3 is 2.42 bits per heavy atom. The van der Waals surface area contributed by atoms with Crippen molar-refractivity contribution in [3.8, 4) is 0 Å². The van der Waals surface area contributed by atoms with Crippen molar-refractivity contribution >= 4 is 12.0 Å². The molecule has 0 aromatic rings. The van der Waals surface area contributed by atoms with E-state index in [2.05, 4.69) is 17.3 Å². The van der Waals surface area contributed by atoms with Gasteiger partial charge in [0.1, 0.15) is 6.54 Å². The first-order valence-corrected chi connectivity index (χ1v) is 6.84. The summed E-state index contributed by atoms with van der Waals surface area (Å²) in [6.07, 6.45) is 1.84. The average Bonchev–Trinajstić information content (AvgIpc) is 2.30. The standard InChI is InChI=1S/C13H25N3O3/c1-10(2)8-16(9-12(17)18)13(19)14-11-4-6-15(3)7-5-11/h10-11H,4-9H2,1-3H3,(H,14,19)(H,17,18). The molecule has 0 aromatic heterocycles. The molecule has 1 heterocycles. The number of nitrogens with zero attached hydrogens (tertiary/aromatic N) is 2. The monoisotopic (exact) mass is 271 g/mol. The van der Waals surface area contributed by atoms with Gasteiger partial charge in [0.25, 0.3) is 0 Å². The summed E-state index contributed by atoms with van der Waals surface area (Å²) < 4.78 is 0. The van der Waals surface area contributed by atoms with Crippen LogP contribution in [0, 0.1) is 5.92 Å². The van der Waals surface area contributed by atoms with Gasteiger partial charge in [0.15, 0.2) is 0 Å². The molecule has 6 nitrogen and oxygen atoms in total. The van der Waals surface area contributed by atoms with Crippen LogP contribution in [0.4, 0.5) is 4.79 Å². The molecule has 1 fully saturated rings. The van der Waals surface area contributed by atoms with E-state index in [9.17, 15) is 9.59 Å². The van der Waals surface area contributed by atoms with E-state index in [1.54, 1.807) is 0 Å². The van der Waals surface area contributed by atoms with Crippen molar-refractivity contribution in [2.45, 2.75) is 32.7 Å². The highest BCUT2D eigenvalue weighted by Crippen LogP contribution is 2.09. The molecule has 0 saturated carbocycles. The number of hydrogen-bond acceptors (Lipinski definition) is 3. The topological polar surface area (TPSA) is 72.9 Å². The molecule has 19 heavy (non-hydrogen) atoms. The highest BCUT2D eigenvalue weighted by atomic mass is 16.4. The van der Waals surface area contributed by atoms with Crippen LogP contribution in [0.2, 0.25) is 0 Å². The van der Waals surface area contributed by atoms with Crippen LogP contribution in [0.15, 0.2) is 0 Å². The summed E-state index contributed by atoms with van der Waals surface area (Å²) in [5, 5.41) is 11.8. The molecular weight excluding hydrogens is 246 g/mol. The van der Waals surface area contributed by atoms with Crippen LogP contribution in [-0.4, -0.2) is 66.2 Å². The first kappa shape index (κ1) is 15.8. The summed E-state index contributed by atoms with van der Waals surface area (Å²) in [6.45, 7) is 6.10. The number of urea groups is 1. The van der Waals surface area contributed by atoms with Gasteiger partial charge in [0, 0.05) is 12.6 Å². The maximum absolute atomic E-state index is 12.1. The zero-order valence-corrected chi connectivity index (χ0v) is 12.1. The van der Waals surface area contributed by atoms with Crippen molar-refractivity contribution in [2.75, 3.05) is 33.2 Å². The van der Waals surface area contributed by atoms with E-state index in [1.807, 2.05) is 13.8 Å². The largest absolute Gasteiger partial charge is 0.480 e. The number of carboxylic acids is 1. The molecule has 0 spiro atoms. The van der Waals surface area contributed by atoms with Crippen molar-refractivity contribution in [1.82, 2.24) is 15.1 Å². The van der Waals surface area contributed by atoms with Gasteiger partial charge in [-0.05, 0) is 38.9 Å². The Balaban J connectivity index is 2.48. The molecule has 2 amide bonds. The first-order valence-electron chi connectivity index (χ1n) is 6.84. The van der Waals surface area contributed by atoms with Gasteiger partial charge in [-0.15, -0.1) is 0 Å². The van der Waals surface area contributed by atoms with Gasteiger partial charge >= 0.3 is 12.0 Å². The number of carbonyl (C=O) groups excluding carboxylic acids is 1. The third-order valence-corrected chi connectivity index (χ3v) is 3.25. The summed E-state index contributed by atoms with van der Waals surface area (Å²) in [4.78, 5) is 26.5. The van der Waals surface area contributed by atoms with E-state index in [0.717, 1.165) is 25.9 Å². The van der Waals surface area contributed by atoms with Crippen LogP contribution in [0.25, 0.3) is 0 Å². The van der Waals surface area contributed by atoms with Gasteiger partial charge in [-0.3, -0.25) is 4.79 Å². The lowest BCUT2D eigenvalue weighted by Gasteiger charge is -2.31. The van der Waals surface area contributed by atoms with Gasteiger partial charge in [-0.1, -0.05) is 13.8 Å². The normalized spacial score (nSPS) is 17.5. The summed E-state index contributed by atoms with van der Waals surface area (Å²) >= 11 is 0. The number of amides is 2. The molecule has 0 atom stereocenters. The molecular formula is C13H25N3O3. The predicted molar refractivity (Wildman–Crippen MR) is 73.1 cm³/mol. The number of likely N-dealkylation sites (tertiary alicyclic amines) is 1. The summed E-state index contributed by atoms with van der Waals surface area (Å²) in [5.41, 5.74) is 0. The molecule has 0 aromatic carbocycles. The minimum absolute atomic E-state index is 0.159. The molecule has 1 aliphatic rings. The summed E-state index contributed by atoms with van der Waals surface area (Å²) in [5.74, 6) is -0.721. The fourth-order valence-corrected chi connectivity index (χ4v) is 2.24. The Morgan fingerprint density at radius 2 is 1.95 bits per heavy atom. The van der Waals surface area contributed by atoms with E-state index in [0.29, 0.717) is 6.54 Å². The van der Waals surface area contributed by atoms with Crippen LogP contribution in [0.3, 0.4) is 0 Å². The maximum Gasteiger partial charge on any atom is 0.323 e. The maximum atomic E-state index is 12.1. The van der Waals surface area contributed by atoms with Crippen molar-refractivity contribution in [3.63, 3.8) is 0 Å². The van der Waals surface area contributed by atoms with Crippen molar-refractivity contribution < 1.29 is 14.7 Å². The van der Waals surface area contributed by atoms with Crippen molar-refractivity contribution in [2.24, 2.45) is 5.92 Å². The number of nitrogens with one attached hydrogen (secondary N) is 1. The van der Waals surface area contributed by atoms with E-state index in [-0.39, 0.29) is 24.5 Å². The molecule has 0 aliphatic carbocycles. The third kappa shape index (κ3) is 5.92. The Morgan fingerprint density at radius 1 is 1.37 bits per heavy atom. The molecule has 0 radical (unpaired) electrons. The van der Waals surface area contributed by atoms with Gasteiger partial charge in [-0.2, -0.15) is 0 Å². The molecule has 1 aliphatic heterocycles. The van der Waals surface area contributed by atoms with E-state index < -0.39 is 5.97 Å². The number of carboxylic acid groups (broad SMARTS) is 1. The van der Waals surface area contributed by atoms with Crippen molar-refractivity contribution in [3.05, 3.63) is 0 Å². The Labute approximate surface area is 114 Å². The molecule has 0 bridgehead atoms. The zero-order valence-electron chi connectivity index (χ0n) is 12.1.